The second-order valence-electron chi connectivity index (χ2n) is 5.59. The van der Waals surface area contributed by atoms with Crippen molar-refractivity contribution in [3.63, 3.8) is 0 Å². The molecule has 0 atom stereocenters. The van der Waals surface area contributed by atoms with Gasteiger partial charge in [0.15, 0.2) is 0 Å². The van der Waals surface area contributed by atoms with E-state index in [1.54, 1.807) is 7.11 Å². The Balaban J connectivity index is 1.46. The molecule has 6 nitrogen and oxygen atoms in total. The smallest absolute Gasteiger partial charge is 0.224 e. The van der Waals surface area contributed by atoms with E-state index < -0.39 is 0 Å². The van der Waals surface area contributed by atoms with Crippen molar-refractivity contribution in [3.05, 3.63) is 36.0 Å². The number of hydrogen-bond acceptors (Lipinski definition) is 6. The predicted molar refractivity (Wildman–Crippen MR) is 90.4 cm³/mol. The van der Waals surface area contributed by atoms with Crippen LogP contribution in [0.5, 0.6) is 11.5 Å². The van der Waals surface area contributed by atoms with E-state index in [0.29, 0.717) is 25.1 Å². The molecule has 0 spiro atoms. The van der Waals surface area contributed by atoms with Crippen molar-refractivity contribution in [1.82, 2.24) is 9.97 Å². The van der Waals surface area contributed by atoms with Gasteiger partial charge in [-0.25, -0.2) is 4.98 Å². The molecule has 1 aliphatic rings. The molecule has 0 saturated heterocycles. The molecule has 2 aromatic rings. The van der Waals surface area contributed by atoms with Gasteiger partial charge in [0.25, 0.3) is 0 Å². The molecule has 2 N–H and O–H groups in total. The molecule has 0 amide bonds. The van der Waals surface area contributed by atoms with Gasteiger partial charge >= 0.3 is 0 Å². The molecule has 1 aromatic carbocycles. The molecule has 1 aliphatic carbocycles. The molecule has 122 valence electrons. The first-order valence-electron chi connectivity index (χ1n) is 7.86. The third-order valence-corrected chi connectivity index (χ3v) is 3.50. The van der Waals surface area contributed by atoms with Gasteiger partial charge in [-0.3, -0.25) is 0 Å². The van der Waals surface area contributed by atoms with Gasteiger partial charge in [0.2, 0.25) is 5.95 Å². The molecule has 1 heterocycles. The molecule has 3 rings (SSSR count). The van der Waals surface area contributed by atoms with E-state index in [1.807, 2.05) is 37.3 Å². The minimum absolute atomic E-state index is 0.537. The van der Waals surface area contributed by atoms with Crippen molar-refractivity contribution >= 4 is 11.8 Å². The largest absolute Gasteiger partial charge is 0.497 e. The first-order valence-corrected chi connectivity index (χ1v) is 7.86. The lowest BCUT2D eigenvalue weighted by Crippen LogP contribution is -2.14. The first-order chi connectivity index (χ1) is 11.2. The van der Waals surface area contributed by atoms with Gasteiger partial charge in [-0.2, -0.15) is 4.98 Å². The Bertz CT molecular complexity index is 642. The number of nitrogens with one attached hydrogen (secondary N) is 2. The lowest BCUT2D eigenvalue weighted by molar-refractivity contribution is 0.331. The van der Waals surface area contributed by atoms with Gasteiger partial charge in [0, 0.05) is 17.8 Å². The van der Waals surface area contributed by atoms with Crippen molar-refractivity contribution in [1.29, 1.82) is 0 Å². The zero-order valence-electron chi connectivity index (χ0n) is 13.5. The van der Waals surface area contributed by atoms with E-state index in [4.69, 9.17) is 9.47 Å². The van der Waals surface area contributed by atoms with Crippen molar-refractivity contribution in [2.24, 2.45) is 0 Å². The summed E-state index contributed by atoms with van der Waals surface area (Å²) in [7, 11) is 1.65. The van der Waals surface area contributed by atoms with Crippen molar-refractivity contribution in [2.75, 3.05) is 30.9 Å². The Morgan fingerprint density at radius 3 is 2.57 bits per heavy atom. The topological polar surface area (TPSA) is 68.3 Å². The van der Waals surface area contributed by atoms with E-state index >= 15 is 0 Å². The second kappa shape index (κ2) is 7.17. The molecule has 0 radical (unpaired) electrons. The highest BCUT2D eigenvalue weighted by Crippen LogP contribution is 2.24. The number of hydrogen-bond donors (Lipinski definition) is 2. The fourth-order valence-electron chi connectivity index (χ4n) is 2.16. The molecule has 0 bridgehead atoms. The fourth-order valence-corrected chi connectivity index (χ4v) is 2.16. The first kappa shape index (κ1) is 15.4. The molecule has 0 unspecified atom stereocenters. The Labute approximate surface area is 136 Å². The number of aromatic nitrogens is 2. The van der Waals surface area contributed by atoms with Gasteiger partial charge in [0.1, 0.15) is 23.9 Å². The Morgan fingerprint density at radius 2 is 1.87 bits per heavy atom. The van der Waals surface area contributed by atoms with Crippen LogP contribution in [0.15, 0.2) is 30.3 Å². The maximum absolute atomic E-state index is 5.67. The molecule has 1 saturated carbocycles. The lowest BCUT2D eigenvalue weighted by Gasteiger charge is -2.10. The lowest BCUT2D eigenvalue weighted by atomic mass is 10.3. The molecule has 1 aromatic heterocycles. The summed E-state index contributed by atoms with van der Waals surface area (Å²) in [5, 5.41) is 6.59. The second-order valence-corrected chi connectivity index (χ2v) is 5.59. The van der Waals surface area contributed by atoms with Crippen LogP contribution in [0.3, 0.4) is 0 Å². The van der Waals surface area contributed by atoms with Gasteiger partial charge < -0.3 is 20.1 Å². The average molecular weight is 314 g/mol. The van der Waals surface area contributed by atoms with E-state index in [2.05, 4.69) is 20.6 Å². The summed E-state index contributed by atoms with van der Waals surface area (Å²) in [6.07, 6.45) is 2.45. The number of aryl methyl sites for hydroxylation is 1. The summed E-state index contributed by atoms with van der Waals surface area (Å²) in [6.45, 7) is 3.15. The fraction of sp³-hybridized carbons (Fsp3) is 0.412. The van der Waals surface area contributed by atoms with Crippen LogP contribution in [-0.2, 0) is 0 Å². The minimum Gasteiger partial charge on any atom is -0.497 e. The number of rotatable bonds is 8. The molecular weight excluding hydrogens is 292 g/mol. The van der Waals surface area contributed by atoms with Crippen molar-refractivity contribution < 1.29 is 9.47 Å². The standard InChI is InChI=1S/C17H22N4O2/c1-12-11-16(20-13-3-4-13)21-17(19-12)18-9-10-23-15-7-5-14(22-2)6-8-15/h5-8,11,13H,3-4,9-10H2,1-2H3,(H2,18,19,20,21). The summed E-state index contributed by atoms with van der Waals surface area (Å²) >= 11 is 0. The monoisotopic (exact) mass is 314 g/mol. The maximum atomic E-state index is 5.67. The highest BCUT2D eigenvalue weighted by atomic mass is 16.5. The van der Waals surface area contributed by atoms with Crippen LogP contribution < -0.4 is 20.1 Å². The highest BCUT2D eigenvalue weighted by molar-refractivity contribution is 5.43. The SMILES string of the molecule is COc1ccc(OCCNc2nc(C)cc(NC3CC3)n2)cc1. The number of nitrogens with zero attached hydrogens (tertiary/aromatic N) is 2. The van der Waals surface area contributed by atoms with Crippen molar-refractivity contribution in [3.8, 4) is 11.5 Å². The molecule has 0 aliphatic heterocycles. The van der Waals surface area contributed by atoms with E-state index in [-0.39, 0.29) is 0 Å². The minimum atomic E-state index is 0.537. The van der Waals surface area contributed by atoms with Gasteiger partial charge in [-0.15, -0.1) is 0 Å². The number of anilines is 2. The van der Waals surface area contributed by atoms with E-state index in [0.717, 1.165) is 23.0 Å². The van der Waals surface area contributed by atoms with Crippen LogP contribution in [0, 0.1) is 6.92 Å². The van der Waals surface area contributed by atoms with Crippen LogP contribution in [0.1, 0.15) is 18.5 Å². The normalized spacial score (nSPS) is 13.5. The van der Waals surface area contributed by atoms with Crippen LogP contribution >= 0.6 is 0 Å². The number of ether oxygens (including phenoxy) is 2. The quantitative estimate of drug-likeness (QED) is 0.730. The van der Waals surface area contributed by atoms with Crippen LogP contribution in [0.25, 0.3) is 0 Å². The van der Waals surface area contributed by atoms with E-state index in [9.17, 15) is 0 Å². The zero-order valence-corrected chi connectivity index (χ0v) is 13.5. The zero-order chi connectivity index (χ0) is 16.1. The third kappa shape index (κ3) is 4.74. The van der Waals surface area contributed by atoms with Crippen LogP contribution in [0.2, 0.25) is 0 Å². The van der Waals surface area contributed by atoms with Crippen LogP contribution in [-0.4, -0.2) is 36.3 Å². The summed E-state index contributed by atoms with van der Waals surface area (Å²) in [4.78, 5) is 8.87. The number of benzene rings is 1. The molecule has 6 heteroatoms. The molecule has 1 fully saturated rings. The highest BCUT2D eigenvalue weighted by Gasteiger charge is 2.21. The van der Waals surface area contributed by atoms with Crippen LogP contribution in [0.4, 0.5) is 11.8 Å². The molecular formula is C17H22N4O2. The van der Waals surface area contributed by atoms with E-state index in [1.165, 1.54) is 12.8 Å². The number of methoxy groups -OCH3 is 1. The Morgan fingerprint density at radius 1 is 1.13 bits per heavy atom. The third-order valence-electron chi connectivity index (χ3n) is 3.50. The summed E-state index contributed by atoms with van der Waals surface area (Å²) < 4.78 is 10.8. The van der Waals surface area contributed by atoms with Crippen molar-refractivity contribution in [2.45, 2.75) is 25.8 Å². The summed E-state index contributed by atoms with van der Waals surface area (Å²) in [5.41, 5.74) is 0.946. The Kier molecular flexibility index (Phi) is 4.80. The van der Waals surface area contributed by atoms with Gasteiger partial charge in [0.05, 0.1) is 13.7 Å². The average Bonchev–Trinajstić information content (AvgIpc) is 3.35. The summed E-state index contributed by atoms with van der Waals surface area (Å²) in [6, 6.07) is 10.1. The van der Waals surface area contributed by atoms with Gasteiger partial charge in [-0.05, 0) is 44.0 Å². The predicted octanol–water partition coefficient (Wildman–Crippen LogP) is 2.86. The maximum Gasteiger partial charge on any atom is 0.224 e. The van der Waals surface area contributed by atoms with Gasteiger partial charge in [-0.1, -0.05) is 0 Å². The summed E-state index contributed by atoms with van der Waals surface area (Å²) in [5.74, 6) is 3.15. The molecule has 23 heavy (non-hydrogen) atoms. The Hall–Kier alpha value is -2.50.